The summed E-state index contributed by atoms with van der Waals surface area (Å²) < 4.78 is 6.25. The number of nitrogens with zero attached hydrogens (tertiary/aromatic N) is 1. The lowest BCUT2D eigenvalue weighted by atomic mass is 10.2. The van der Waals surface area contributed by atoms with Gasteiger partial charge in [0.25, 0.3) is 0 Å². The van der Waals surface area contributed by atoms with Crippen molar-refractivity contribution in [3.63, 3.8) is 0 Å². The van der Waals surface area contributed by atoms with Crippen LogP contribution in [0.15, 0.2) is 28.1 Å². The number of hydrogen-bond acceptors (Lipinski definition) is 4. The second-order valence-corrected chi connectivity index (χ2v) is 5.68. The van der Waals surface area contributed by atoms with Crippen LogP contribution in [0.4, 0.5) is 0 Å². The maximum Gasteiger partial charge on any atom is 0.339 e. The molecule has 0 bridgehead atoms. The first-order chi connectivity index (χ1) is 9.10. The zero-order valence-corrected chi connectivity index (χ0v) is 12.6. The number of aromatic nitrogens is 1. The lowest BCUT2D eigenvalue weighted by molar-refractivity contribution is 0.0691. The highest BCUT2D eigenvalue weighted by Gasteiger charge is 2.12. The Morgan fingerprint density at radius 3 is 2.95 bits per heavy atom. The Labute approximate surface area is 123 Å². The molecule has 0 amide bonds. The van der Waals surface area contributed by atoms with Crippen molar-refractivity contribution in [2.24, 2.45) is 0 Å². The number of benzene rings is 1. The molecule has 0 fully saturated rings. The minimum absolute atomic E-state index is 0.139. The molecular weight excluding hydrogens is 330 g/mol. The summed E-state index contributed by atoms with van der Waals surface area (Å²) in [6, 6.07) is 4.91. The summed E-state index contributed by atoms with van der Waals surface area (Å²) in [6.07, 6.45) is 0.892. The normalized spacial score (nSPS) is 10.4. The van der Waals surface area contributed by atoms with Crippen molar-refractivity contribution >= 4 is 33.2 Å². The summed E-state index contributed by atoms with van der Waals surface area (Å²) in [5.74, 6) is -0.662. The number of halogens is 1. The minimum Gasteiger partial charge on any atom is -0.486 e. The van der Waals surface area contributed by atoms with Crippen molar-refractivity contribution < 1.29 is 14.6 Å². The van der Waals surface area contributed by atoms with Crippen LogP contribution >= 0.6 is 27.3 Å². The van der Waals surface area contributed by atoms with Crippen molar-refractivity contribution in [3.05, 3.63) is 44.3 Å². The first-order valence-corrected chi connectivity index (χ1v) is 7.36. The Morgan fingerprint density at radius 1 is 1.53 bits per heavy atom. The molecule has 1 aromatic carbocycles. The second kappa shape index (κ2) is 6.16. The molecule has 19 heavy (non-hydrogen) atoms. The number of thiazole rings is 1. The maximum absolute atomic E-state index is 11.1. The summed E-state index contributed by atoms with van der Waals surface area (Å²) in [6.45, 7) is 2.32. The van der Waals surface area contributed by atoms with Crippen LogP contribution in [0.2, 0.25) is 0 Å². The minimum atomic E-state index is -1.01. The van der Waals surface area contributed by atoms with Crippen molar-refractivity contribution in [3.8, 4) is 5.75 Å². The third kappa shape index (κ3) is 3.54. The van der Waals surface area contributed by atoms with Gasteiger partial charge >= 0.3 is 5.97 Å². The zero-order valence-electron chi connectivity index (χ0n) is 10.2. The molecule has 1 N–H and O–H groups in total. The predicted octanol–water partition coefficient (Wildman–Crippen LogP) is 3.75. The van der Waals surface area contributed by atoms with Gasteiger partial charge in [0.1, 0.15) is 17.9 Å². The van der Waals surface area contributed by atoms with Gasteiger partial charge in [0.05, 0.1) is 10.7 Å². The van der Waals surface area contributed by atoms with Crippen LogP contribution in [0.5, 0.6) is 5.75 Å². The monoisotopic (exact) mass is 341 g/mol. The molecule has 0 atom stereocenters. The Kier molecular flexibility index (Phi) is 4.55. The van der Waals surface area contributed by atoms with Gasteiger partial charge in [-0.05, 0) is 24.6 Å². The number of carbonyl (C=O) groups is 1. The number of ether oxygens (including phenoxy) is 1. The van der Waals surface area contributed by atoms with Crippen LogP contribution in [0.1, 0.15) is 28.0 Å². The molecule has 0 aliphatic rings. The molecule has 6 heteroatoms. The Bertz CT molecular complexity index is 597. The lowest BCUT2D eigenvalue weighted by Gasteiger charge is -2.08. The van der Waals surface area contributed by atoms with E-state index in [1.54, 1.807) is 23.5 Å². The van der Waals surface area contributed by atoms with E-state index in [-0.39, 0.29) is 12.2 Å². The van der Waals surface area contributed by atoms with Crippen LogP contribution < -0.4 is 4.74 Å². The second-order valence-electron chi connectivity index (χ2n) is 3.82. The molecule has 4 nitrogen and oxygen atoms in total. The molecule has 0 spiro atoms. The van der Waals surface area contributed by atoms with E-state index >= 15 is 0 Å². The highest BCUT2D eigenvalue weighted by Crippen LogP contribution is 2.24. The van der Waals surface area contributed by atoms with E-state index in [9.17, 15) is 4.79 Å². The van der Waals surface area contributed by atoms with Crippen LogP contribution in [-0.4, -0.2) is 16.1 Å². The van der Waals surface area contributed by atoms with E-state index in [0.717, 1.165) is 17.1 Å². The van der Waals surface area contributed by atoms with E-state index in [2.05, 4.69) is 20.9 Å². The molecule has 0 aliphatic heterocycles. The largest absolute Gasteiger partial charge is 0.486 e. The van der Waals surface area contributed by atoms with Crippen LogP contribution in [0.3, 0.4) is 0 Å². The van der Waals surface area contributed by atoms with Gasteiger partial charge in [-0.15, -0.1) is 11.3 Å². The smallest absolute Gasteiger partial charge is 0.339 e. The fraction of sp³-hybridized carbons (Fsp3) is 0.231. The third-order valence-electron chi connectivity index (χ3n) is 2.45. The van der Waals surface area contributed by atoms with Crippen molar-refractivity contribution in [1.29, 1.82) is 0 Å². The molecule has 0 radical (unpaired) electrons. The number of carboxylic acid groups (broad SMARTS) is 1. The summed E-state index contributed by atoms with van der Waals surface area (Å²) in [4.78, 5) is 15.5. The first-order valence-electron chi connectivity index (χ1n) is 5.69. The van der Waals surface area contributed by atoms with Gasteiger partial charge in [-0.2, -0.15) is 0 Å². The highest BCUT2D eigenvalue weighted by molar-refractivity contribution is 9.10. The van der Waals surface area contributed by atoms with E-state index in [1.807, 2.05) is 12.3 Å². The topological polar surface area (TPSA) is 59.4 Å². The van der Waals surface area contributed by atoms with E-state index in [0.29, 0.717) is 10.2 Å². The maximum atomic E-state index is 11.1. The predicted molar refractivity (Wildman–Crippen MR) is 76.9 cm³/mol. The van der Waals surface area contributed by atoms with Gasteiger partial charge in [-0.25, -0.2) is 9.78 Å². The van der Waals surface area contributed by atoms with Crippen molar-refractivity contribution in [1.82, 2.24) is 4.98 Å². The van der Waals surface area contributed by atoms with E-state index in [1.165, 1.54) is 6.07 Å². The molecule has 1 aromatic heterocycles. The summed E-state index contributed by atoms with van der Waals surface area (Å²) in [5.41, 5.74) is 0.960. The number of aryl methyl sites for hydroxylation is 1. The molecule has 0 saturated carbocycles. The van der Waals surface area contributed by atoms with Crippen molar-refractivity contribution in [2.45, 2.75) is 20.0 Å². The third-order valence-corrected chi connectivity index (χ3v) is 3.98. The number of hydrogen-bond donors (Lipinski definition) is 1. The molecule has 1 heterocycles. The average Bonchev–Trinajstić information content (AvgIpc) is 2.85. The van der Waals surface area contributed by atoms with Gasteiger partial charge in [0.15, 0.2) is 0 Å². The molecule has 0 aliphatic carbocycles. The fourth-order valence-corrected chi connectivity index (χ4v) is 2.62. The number of aromatic carboxylic acids is 1. The summed E-state index contributed by atoms with van der Waals surface area (Å²) >= 11 is 4.83. The molecule has 0 saturated heterocycles. The zero-order chi connectivity index (χ0) is 13.8. The van der Waals surface area contributed by atoms with Crippen LogP contribution in [-0.2, 0) is 13.0 Å². The summed E-state index contributed by atoms with van der Waals surface area (Å²) in [7, 11) is 0. The number of carboxylic acids is 1. The highest BCUT2D eigenvalue weighted by atomic mass is 79.9. The van der Waals surface area contributed by atoms with Gasteiger partial charge in [-0.3, -0.25) is 0 Å². The summed E-state index contributed by atoms with van der Waals surface area (Å²) in [5, 5.41) is 12.1. The standard InChI is InChI=1S/C13H12BrNO3S/c1-2-12-15-9(7-19-12)6-18-11-4-3-8(14)5-10(11)13(16)17/h3-5,7H,2,6H2,1H3,(H,16,17). The Morgan fingerprint density at radius 2 is 2.32 bits per heavy atom. The quantitative estimate of drug-likeness (QED) is 0.899. The molecule has 0 unspecified atom stereocenters. The van der Waals surface area contributed by atoms with Crippen LogP contribution in [0, 0.1) is 0 Å². The van der Waals surface area contributed by atoms with Gasteiger partial charge in [0, 0.05) is 9.85 Å². The SMILES string of the molecule is CCc1nc(COc2ccc(Br)cc2C(=O)O)cs1. The molecule has 100 valence electrons. The van der Waals surface area contributed by atoms with E-state index < -0.39 is 5.97 Å². The number of rotatable bonds is 5. The Balaban J connectivity index is 2.12. The fourth-order valence-electron chi connectivity index (χ4n) is 1.52. The van der Waals surface area contributed by atoms with Gasteiger partial charge in [0.2, 0.25) is 0 Å². The lowest BCUT2D eigenvalue weighted by Crippen LogP contribution is -2.03. The van der Waals surface area contributed by atoms with Gasteiger partial charge in [-0.1, -0.05) is 22.9 Å². The molecule has 2 aromatic rings. The Hall–Kier alpha value is -1.40. The van der Waals surface area contributed by atoms with E-state index in [4.69, 9.17) is 9.84 Å². The van der Waals surface area contributed by atoms with Crippen molar-refractivity contribution in [2.75, 3.05) is 0 Å². The molecular formula is C13H12BrNO3S. The van der Waals surface area contributed by atoms with Crippen LogP contribution in [0.25, 0.3) is 0 Å². The first kappa shape index (κ1) is 14.0. The molecule has 2 rings (SSSR count). The average molecular weight is 342 g/mol. The van der Waals surface area contributed by atoms with Gasteiger partial charge < -0.3 is 9.84 Å².